The van der Waals surface area contributed by atoms with E-state index >= 15 is 0 Å². The van der Waals surface area contributed by atoms with Crippen molar-refractivity contribution in [3.05, 3.63) is 59.0 Å². The van der Waals surface area contributed by atoms with Crippen molar-refractivity contribution >= 4 is 17.0 Å². The minimum absolute atomic E-state index is 0.580. The van der Waals surface area contributed by atoms with Gasteiger partial charge in [-0.1, -0.05) is 12.1 Å². The number of ether oxygens (including phenoxy) is 1. The molecule has 31 heavy (non-hydrogen) atoms. The lowest BCUT2D eigenvalue weighted by molar-refractivity contribution is 0.334. The topological polar surface area (TPSA) is 47.0 Å². The third-order valence-corrected chi connectivity index (χ3v) is 7.94. The van der Waals surface area contributed by atoms with Gasteiger partial charge in [0.2, 0.25) is 0 Å². The van der Waals surface area contributed by atoms with Gasteiger partial charge in [-0.3, -0.25) is 4.98 Å². The summed E-state index contributed by atoms with van der Waals surface area (Å²) in [6.07, 6.45) is 9.61. The van der Waals surface area contributed by atoms with E-state index in [-0.39, 0.29) is 0 Å². The molecule has 0 aliphatic heterocycles. The molecule has 162 valence electrons. The van der Waals surface area contributed by atoms with Crippen molar-refractivity contribution in [3.63, 3.8) is 0 Å². The largest absolute Gasteiger partial charge is 0.495 e. The summed E-state index contributed by atoms with van der Waals surface area (Å²) in [5.74, 6) is 2.92. The van der Waals surface area contributed by atoms with E-state index in [2.05, 4.69) is 46.7 Å². The number of aryl methyl sites for hydroxylation is 1. The molecule has 0 amide bonds. The van der Waals surface area contributed by atoms with Crippen molar-refractivity contribution in [2.75, 3.05) is 19.0 Å². The quantitative estimate of drug-likeness (QED) is 0.446. The molecular formula is C26H31N3OS. The van der Waals surface area contributed by atoms with E-state index in [0.717, 1.165) is 29.8 Å². The lowest BCUT2D eigenvalue weighted by atomic mass is 9.80. The first-order chi connectivity index (χ1) is 15.2. The molecular weight excluding hydrogens is 402 g/mol. The molecule has 5 rings (SSSR count). The van der Waals surface area contributed by atoms with Crippen LogP contribution in [0.5, 0.6) is 5.75 Å². The van der Waals surface area contributed by atoms with Crippen molar-refractivity contribution in [1.82, 2.24) is 9.97 Å². The van der Waals surface area contributed by atoms with Gasteiger partial charge in [-0.05, 0) is 81.2 Å². The Labute approximate surface area is 189 Å². The summed E-state index contributed by atoms with van der Waals surface area (Å²) in [7, 11) is 1.71. The first-order valence-corrected chi connectivity index (χ1v) is 12.3. The highest BCUT2D eigenvalue weighted by atomic mass is 32.1. The van der Waals surface area contributed by atoms with Gasteiger partial charge in [0.25, 0.3) is 0 Å². The number of hydrogen-bond donors (Lipinski definition) is 1. The first kappa shape index (κ1) is 20.5. The second-order valence-electron chi connectivity index (χ2n) is 9.04. The average Bonchev–Trinajstić information content (AvgIpc) is 3.54. The molecule has 0 radical (unpaired) electrons. The van der Waals surface area contributed by atoms with Crippen LogP contribution in [0.15, 0.2) is 42.6 Å². The van der Waals surface area contributed by atoms with Gasteiger partial charge in [0.1, 0.15) is 5.75 Å². The predicted octanol–water partition coefficient (Wildman–Crippen LogP) is 6.79. The molecule has 1 aromatic carbocycles. The van der Waals surface area contributed by atoms with Gasteiger partial charge in [-0.2, -0.15) is 0 Å². The second kappa shape index (κ2) is 8.99. The average molecular weight is 434 g/mol. The SMILES string of the molecule is COc1ccc(C2CCC(CNc3cccc(-c4cnc(C5CC5)s4)c3)CC2)nc1C. The molecule has 0 atom stereocenters. The minimum Gasteiger partial charge on any atom is -0.495 e. The first-order valence-electron chi connectivity index (χ1n) is 11.5. The standard InChI is InChI=1S/C26H31N3OS/c1-17-24(30-2)13-12-23(29-17)19-8-6-18(7-9-19)15-27-22-5-3-4-21(14-22)25-16-28-26(31-25)20-10-11-20/h3-5,12-14,16,18-20,27H,6-11,15H2,1-2H3. The number of thiazole rings is 1. The number of rotatable bonds is 7. The summed E-state index contributed by atoms with van der Waals surface area (Å²) in [5, 5.41) is 5.01. The minimum atomic E-state index is 0.580. The van der Waals surface area contributed by atoms with E-state index in [9.17, 15) is 0 Å². The van der Waals surface area contributed by atoms with Crippen molar-refractivity contribution in [2.24, 2.45) is 5.92 Å². The van der Waals surface area contributed by atoms with E-state index in [1.165, 1.54) is 65.4 Å². The van der Waals surface area contributed by atoms with Crippen LogP contribution in [0, 0.1) is 12.8 Å². The molecule has 0 unspecified atom stereocenters. The molecule has 5 heteroatoms. The second-order valence-corrected chi connectivity index (χ2v) is 10.1. The zero-order chi connectivity index (χ0) is 21.2. The number of hydrogen-bond acceptors (Lipinski definition) is 5. The molecule has 2 fully saturated rings. The summed E-state index contributed by atoms with van der Waals surface area (Å²) >= 11 is 1.86. The summed E-state index contributed by atoms with van der Waals surface area (Å²) in [6, 6.07) is 13.0. The van der Waals surface area contributed by atoms with Crippen LogP contribution in [0.4, 0.5) is 5.69 Å². The molecule has 0 saturated heterocycles. The molecule has 2 saturated carbocycles. The Hall–Kier alpha value is -2.40. The van der Waals surface area contributed by atoms with Gasteiger partial charge in [-0.15, -0.1) is 11.3 Å². The zero-order valence-corrected chi connectivity index (χ0v) is 19.3. The molecule has 3 aromatic rings. The zero-order valence-electron chi connectivity index (χ0n) is 18.4. The van der Waals surface area contributed by atoms with Crippen LogP contribution in [-0.4, -0.2) is 23.6 Å². The molecule has 2 aliphatic carbocycles. The van der Waals surface area contributed by atoms with Crippen LogP contribution < -0.4 is 10.1 Å². The van der Waals surface area contributed by atoms with Crippen molar-refractivity contribution in [2.45, 2.75) is 57.3 Å². The highest BCUT2D eigenvalue weighted by Gasteiger charge is 2.27. The highest BCUT2D eigenvalue weighted by Crippen LogP contribution is 2.43. The Morgan fingerprint density at radius 3 is 2.58 bits per heavy atom. The number of methoxy groups -OCH3 is 1. The lowest BCUT2D eigenvalue weighted by Gasteiger charge is -2.29. The maximum Gasteiger partial charge on any atom is 0.140 e. The fourth-order valence-corrected chi connectivity index (χ4v) is 5.74. The van der Waals surface area contributed by atoms with Crippen molar-refractivity contribution < 1.29 is 4.74 Å². The Bertz CT molecular complexity index is 1030. The number of nitrogens with one attached hydrogen (secondary N) is 1. The van der Waals surface area contributed by atoms with E-state index < -0.39 is 0 Å². The van der Waals surface area contributed by atoms with E-state index in [0.29, 0.717) is 5.92 Å². The third kappa shape index (κ3) is 4.77. The van der Waals surface area contributed by atoms with Gasteiger partial charge < -0.3 is 10.1 Å². The van der Waals surface area contributed by atoms with Gasteiger partial charge in [-0.25, -0.2) is 4.98 Å². The van der Waals surface area contributed by atoms with Crippen LogP contribution >= 0.6 is 11.3 Å². The fraction of sp³-hybridized carbons (Fsp3) is 0.462. The molecule has 2 aromatic heterocycles. The van der Waals surface area contributed by atoms with Gasteiger partial charge >= 0.3 is 0 Å². The van der Waals surface area contributed by atoms with Crippen LogP contribution in [0.1, 0.15) is 66.8 Å². The maximum absolute atomic E-state index is 5.36. The van der Waals surface area contributed by atoms with Crippen LogP contribution in [-0.2, 0) is 0 Å². The van der Waals surface area contributed by atoms with Crippen LogP contribution in [0.3, 0.4) is 0 Å². The highest BCUT2D eigenvalue weighted by molar-refractivity contribution is 7.15. The monoisotopic (exact) mass is 433 g/mol. The summed E-state index contributed by atoms with van der Waals surface area (Å²) in [6.45, 7) is 3.08. The Morgan fingerprint density at radius 1 is 1.03 bits per heavy atom. The number of anilines is 1. The normalized spacial score (nSPS) is 21.1. The molecule has 0 spiro atoms. The molecule has 2 aliphatic rings. The Morgan fingerprint density at radius 2 is 1.84 bits per heavy atom. The maximum atomic E-state index is 5.36. The predicted molar refractivity (Wildman–Crippen MR) is 128 cm³/mol. The van der Waals surface area contributed by atoms with E-state index in [1.807, 2.05) is 24.5 Å². The number of nitrogens with zero attached hydrogens (tertiary/aromatic N) is 2. The summed E-state index contributed by atoms with van der Waals surface area (Å²) in [5.41, 5.74) is 4.72. The van der Waals surface area contributed by atoms with Crippen molar-refractivity contribution in [3.8, 4) is 16.2 Å². The van der Waals surface area contributed by atoms with Gasteiger partial charge in [0.15, 0.2) is 0 Å². The third-order valence-electron chi connectivity index (χ3n) is 6.74. The lowest BCUT2D eigenvalue weighted by Crippen LogP contribution is -2.21. The van der Waals surface area contributed by atoms with Crippen LogP contribution in [0.2, 0.25) is 0 Å². The van der Waals surface area contributed by atoms with E-state index in [4.69, 9.17) is 9.72 Å². The van der Waals surface area contributed by atoms with E-state index in [1.54, 1.807) is 7.11 Å². The Balaban J connectivity index is 1.15. The summed E-state index contributed by atoms with van der Waals surface area (Å²) in [4.78, 5) is 10.7. The van der Waals surface area contributed by atoms with Gasteiger partial charge in [0, 0.05) is 36.0 Å². The Kier molecular flexibility index (Phi) is 5.95. The number of aromatic nitrogens is 2. The molecule has 4 nitrogen and oxygen atoms in total. The number of pyridine rings is 1. The van der Waals surface area contributed by atoms with Gasteiger partial charge in [0.05, 0.1) is 22.7 Å². The molecule has 0 bridgehead atoms. The molecule has 2 heterocycles. The number of benzene rings is 1. The smallest absolute Gasteiger partial charge is 0.140 e. The molecule has 1 N–H and O–H groups in total. The van der Waals surface area contributed by atoms with Crippen LogP contribution in [0.25, 0.3) is 10.4 Å². The van der Waals surface area contributed by atoms with Crippen molar-refractivity contribution in [1.29, 1.82) is 0 Å². The fourth-order valence-electron chi connectivity index (χ4n) is 4.66. The summed E-state index contributed by atoms with van der Waals surface area (Å²) < 4.78 is 5.36.